The number of thiazole rings is 1. The third-order valence-corrected chi connectivity index (χ3v) is 5.15. The highest BCUT2D eigenvalue weighted by Crippen LogP contribution is 2.35. The van der Waals surface area contributed by atoms with Crippen LogP contribution in [0.25, 0.3) is 10.2 Å². The number of benzene rings is 2. The SMILES string of the molecule is C#CCn1c(=NC(=O)c2ccccc2OCC)sc2c(OC)ccc(OC)c21. The van der Waals surface area contributed by atoms with E-state index in [2.05, 4.69) is 10.9 Å². The van der Waals surface area contributed by atoms with Crippen LogP contribution in [-0.2, 0) is 6.54 Å². The van der Waals surface area contributed by atoms with Crippen LogP contribution >= 0.6 is 11.3 Å². The Bertz CT molecular complexity index is 1120. The van der Waals surface area contributed by atoms with Gasteiger partial charge in [-0.15, -0.1) is 6.42 Å². The summed E-state index contributed by atoms with van der Waals surface area (Å²) in [4.78, 5) is 17.7. The minimum absolute atomic E-state index is 0.239. The van der Waals surface area contributed by atoms with E-state index in [-0.39, 0.29) is 6.54 Å². The number of hydrogen-bond acceptors (Lipinski definition) is 5. The van der Waals surface area contributed by atoms with E-state index >= 15 is 0 Å². The first-order valence-corrected chi connectivity index (χ1v) is 9.44. The molecule has 7 heteroatoms. The third-order valence-electron chi connectivity index (χ3n) is 4.06. The number of fused-ring (bicyclic) bond motifs is 1. The van der Waals surface area contributed by atoms with Gasteiger partial charge in [0, 0.05) is 0 Å². The normalized spacial score (nSPS) is 11.3. The van der Waals surface area contributed by atoms with E-state index in [4.69, 9.17) is 20.6 Å². The lowest BCUT2D eigenvalue weighted by atomic mass is 10.2. The van der Waals surface area contributed by atoms with Crippen molar-refractivity contribution in [1.29, 1.82) is 0 Å². The van der Waals surface area contributed by atoms with Crippen molar-refractivity contribution in [2.75, 3.05) is 20.8 Å². The van der Waals surface area contributed by atoms with Gasteiger partial charge in [-0.05, 0) is 31.2 Å². The fraction of sp³-hybridized carbons (Fsp3) is 0.238. The monoisotopic (exact) mass is 396 g/mol. The minimum Gasteiger partial charge on any atom is -0.495 e. The lowest BCUT2D eigenvalue weighted by Crippen LogP contribution is -2.17. The predicted octanol–water partition coefficient (Wildman–Crippen LogP) is 3.49. The van der Waals surface area contributed by atoms with E-state index in [1.165, 1.54) is 11.3 Å². The second-order valence-corrected chi connectivity index (χ2v) is 6.65. The van der Waals surface area contributed by atoms with E-state index < -0.39 is 5.91 Å². The highest BCUT2D eigenvalue weighted by Gasteiger charge is 2.17. The van der Waals surface area contributed by atoms with Crippen LogP contribution in [0.2, 0.25) is 0 Å². The van der Waals surface area contributed by atoms with Gasteiger partial charge >= 0.3 is 0 Å². The number of terminal acetylenes is 1. The van der Waals surface area contributed by atoms with Gasteiger partial charge in [0.15, 0.2) is 4.80 Å². The molecule has 6 nitrogen and oxygen atoms in total. The Morgan fingerprint density at radius 2 is 1.86 bits per heavy atom. The highest BCUT2D eigenvalue weighted by atomic mass is 32.1. The van der Waals surface area contributed by atoms with Gasteiger partial charge in [-0.3, -0.25) is 4.79 Å². The van der Waals surface area contributed by atoms with Crippen molar-refractivity contribution >= 4 is 27.5 Å². The number of carbonyl (C=O) groups excluding carboxylic acids is 1. The van der Waals surface area contributed by atoms with E-state index in [1.807, 2.05) is 19.1 Å². The predicted molar refractivity (Wildman–Crippen MR) is 109 cm³/mol. The van der Waals surface area contributed by atoms with Gasteiger partial charge in [0.05, 0.1) is 32.9 Å². The van der Waals surface area contributed by atoms with Crippen molar-refractivity contribution in [3.05, 3.63) is 46.8 Å². The summed E-state index contributed by atoms with van der Waals surface area (Å²) in [6.45, 7) is 2.56. The Kier molecular flexibility index (Phi) is 6.02. The molecule has 1 aromatic heterocycles. The van der Waals surface area contributed by atoms with Gasteiger partial charge in [0.2, 0.25) is 0 Å². The van der Waals surface area contributed by atoms with E-state index in [0.717, 1.165) is 10.2 Å². The van der Waals surface area contributed by atoms with Crippen molar-refractivity contribution in [2.24, 2.45) is 4.99 Å². The summed E-state index contributed by atoms with van der Waals surface area (Å²) in [6.07, 6.45) is 5.56. The van der Waals surface area contributed by atoms with Gasteiger partial charge in [-0.1, -0.05) is 29.4 Å². The number of hydrogen-bond donors (Lipinski definition) is 0. The van der Waals surface area contributed by atoms with E-state index in [1.54, 1.807) is 43.1 Å². The zero-order chi connectivity index (χ0) is 20.1. The summed E-state index contributed by atoms with van der Waals surface area (Å²) in [5, 5.41) is 0. The maximum Gasteiger partial charge on any atom is 0.283 e. The number of aromatic nitrogens is 1. The lowest BCUT2D eigenvalue weighted by Gasteiger charge is -2.08. The largest absolute Gasteiger partial charge is 0.495 e. The number of methoxy groups -OCH3 is 2. The first-order valence-electron chi connectivity index (χ1n) is 8.63. The molecule has 0 radical (unpaired) electrons. The van der Waals surface area contributed by atoms with Crippen molar-refractivity contribution in [2.45, 2.75) is 13.5 Å². The molecule has 0 aliphatic heterocycles. The van der Waals surface area contributed by atoms with Gasteiger partial charge in [0.1, 0.15) is 27.5 Å². The topological polar surface area (TPSA) is 62.1 Å². The minimum atomic E-state index is -0.403. The number of rotatable bonds is 6. The molecule has 0 aliphatic rings. The Morgan fingerprint density at radius 1 is 1.14 bits per heavy atom. The summed E-state index contributed by atoms with van der Waals surface area (Å²) >= 11 is 1.32. The van der Waals surface area contributed by atoms with Crippen LogP contribution in [0.1, 0.15) is 17.3 Å². The van der Waals surface area contributed by atoms with Crippen molar-refractivity contribution < 1.29 is 19.0 Å². The van der Waals surface area contributed by atoms with Gasteiger partial charge in [0.25, 0.3) is 5.91 Å². The first-order chi connectivity index (χ1) is 13.6. The molecule has 1 amide bonds. The van der Waals surface area contributed by atoms with Crippen LogP contribution in [0.5, 0.6) is 17.2 Å². The molecule has 0 bridgehead atoms. The molecule has 0 atom stereocenters. The zero-order valence-corrected chi connectivity index (χ0v) is 16.7. The highest BCUT2D eigenvalue weighted by molar-refractivity contribution is 7.16. The van der Waals surface area contributed by atoms with Crippen molar-refractivity contribution in [3.8, 4) is 29.6 Å². The van der Waals surface area contributed by atoms with Crippen LogP contribution < -0.4 is 19.0 Å². The molecule has 144 valence electrons. The fourth-order valence-electron chi connectivity index (χ4n) is 2.85. The molecule has 2 aromatic carbocycles. The summed E-state index contributed by atoms with van der Waals surface area (Å²) < 4.78 is 19.1. The molecule has 3 rings (SSSR count). The first kappa shape index (κ1) is 19.5. The molecule has 0 spiro atoms. The number of para-hydroxylation sites is 1. The molecule has 1 heterocycles. The number of nitrogens with zero attached hydrogens (tertiary/aromatic N) is 2. The maximum atomic E-state index is 12.9. The van der Waals surface area contributed by atoms with Gasteiger partial charge < -0.3 is 18.8 Å². The molecule has 0 unspecified atom stereocenters. The average Bonchev–Trinajstić information content (AvgIpc) is 3.06. The molecular weight excluding hydrogens is 376 g/mol. The summed E-state index contributed by atoms with van der Waals surface area (Å²) in [5.41, 5.74) is 1.14. The van der Waals surface area contributed by atoms with E-state index in [0.29, 0.717) is 34.2 Å². The summed E-state index contributed by atoms with van der Waals surface area (Å²) in [5.74, 6) is 4.00. The number of amides is 1. The third kappa shape index (κ3) is 3.59. The molecule has 0 saturated carbocycles. The molecular formula is C21H20N2O4S. The number of carbonyl (C=O) groups is 1. The Labute approximate surface area is 167 Å². The maximum absolute atomic E-state index is 12.9. The molecule has 3 aromatic rings. The lowest BCUT2D eigenvalue weighted by molar-refractivity contribution is 0.0994. The quantitative estimate of drug-likeness (QED) is 0.599. The van der Waals surface area contributed by atoms with Crippen LogP contribution in [0.3, 0.4) is 0 Å². The molecule has 0 saturated heterocycles. The second kappa shape index (κ2) is 8.63. The number of ether oxygens (including phenoxy) is 3. The molecule has 28 heavy (non-hydrogen) atoms. The molecule has 0 aliphatic carbocycles. The van der Waals surface area contributed by atoms with Gasteiger partial charge in [-0.25, -0.2) is 0 Å². The van der Waals surface area contributed by atoms with Crippen LogP contribution in [0.4, 0.5) is 0 Å². The Hall–Kier alpha value is -3.24. The van der Waals surface area contributed by atoms with Crippen molar-refractivity contribution in [3.63, 3.8) is 0 Å². The van der Waals surface area contributed by atoms with Gasteiger partial charge in [-0.2, -0.15) is 4.99 Å². The smallest absolute Gasteiger partial charge is 0.283 e. The molecule has 0 N–H and O–H groups in total. The van der Waals surface area contributed by atoms with Crippen molar-refractivity contribution in [1.82, 2.24) is 4.57 Å². The summed E-state index contributed by atoms with van der Waals surface area (Å²) in [7, 11) is 3.17. The van der Waals surface area contributed by atoms with Crippen LogP contribution in [0.15, 0.2) is 41.4 Å². The second-order valence-electron chi connectivity index (χ2n) is 5.67. The van der Waals surface area contributed by atoms with E-state index in [9.17, 15) is 4.79 Å². The van der Waals surface area contributed by atoms with Crippen LogP contribution in [0, 0.1) is 12.3 Å². The Morgan fingerprint density at radius 3 is 2.54 bits per heavy atom. The zero-order valence-electron chi connectivity index (χ0n) is 15.9. The summed E-state index contributed by atoms with van der Waals surface area (Å²) in [6, 6.07) is 10.6. The fourth-order valence-corrected chi connectivity index (χ4v) is 3.99. The molecule has 0 fully saturated rings. The van der Waals surface area contributed by atoms with Crippen LogP contribution in [-0.4, -0.2) is 31.3 Å². The Balaban J connectivity index is 2.24. The average molecular weight is 396 g/mol. The standard InChI is InChI=1S/C21H20N2O4S/c1-5-13-23-18-16(25-3)11-12-17(26-4)19(18)28-21(23)22-20(24)14-9-7-8-10-15(14)27-6-2/h1,7-12H,6,13H2,2-4H3.